The number of nitrogens with one attached hydrogen (secondary N) is 2. The molecule has 4 N–H and O–H groups in total. The van der Waals surface area contributed by atoms with Gasteiger partial charge in [0, 0.05) is 12.6 Å². The van der Waals surface area contributed by atoms with Crippen molar-refractivity contribution in [3.8, 4) is 0 Å². The first-order valence-electron chi connectivity index (χ1n) is 6.89. The van der Waals surface area contributed by atoms with Crippen LogP contribution in [-0.4, -0.2) is 31.0 Å². The van der Waals surface area contributed by atoms with Crippen molar-refractivity contribution in [2.75, 3.05) is 13.1 Å². The highest BCUT2D eigenvalue weighted by atomic mass is 16.1. The van der Waals surface area contributed by atoms with Crippen LogP contribution in [0.3, 0.4) is 0 Å². The summed E-state index contributed by atoms with van der Waals surface area (Å²) in [6.07, 6.45) is 5.06. The Morgan fingerprint density at radius 2 is 2.05 bits per heavy atom. The van der Waals surface area contributed by atoms with Gasteiger partial charge in [0.05, 0.1) is 0 Å². The number of amides is 1. The fourth-order valence-electron chi connectivity index (χ4n) is 1.60. The van der Waals surface area contributed by atoms with Crippen molar-refractivity contribution in [3.63, 3.8) is 0 Å². The highest BCUT2D eigenvalue weighted by molar-refractivity contribution is 5.84. The van der Waals surface area contributed by atoms with Crippen molar-refractivity contribution in [3.05, 3.63) is 12.7 Å². The van der Waals surface area contributed by atoms with Gasteiger partial charge in [-0.1, -0.05) is 32.8 Å². The fourth-order valence-corrected chi connectivity index (χ4v) is 1.60. The minimum atomic E-state index is -0.155. The average molecular weight is 268 g/mol. The molecule has 0 fully saturated rings. The molecule has 0 rings (SSSR count). The standard InChI is InChI=1S/C14H28N4O/c1-5-9-16-13(19)10-17-14(15)18-12(4)8-6-7-11(2)3/h5,11-12H,1,6-10H2,2-4H3,(H,16,19)(H3,15,17,18). The summed E-state index contributed by atoms with van der Waals surface area (Å²) in [5.74, 6) is 0.898. The lowest BCUT2D eigenvalue weighted by molar-refractivity contribution is -0.119. The fraction of sp³-hybridized carbons (Fsp3) is 0.714. The smallest absolute Gasteiger partial charge is 0.242 e. The van der Waals surface area contributed by atoms with Crippen LogP contribution >= 0.6 is 0 Å². The molecule has 0 radical (unpaired) electrons. The minimum absolute atomic E-state index is 0.0470. The molecule has 1 unspecified atom stereocenters. The molecule has 110 valence electrons. The van der Waals surface area contributed by atoms with E-state index in [4.69, 9.17) is 5.73 Å². The van der Waals surface area contributed by atoms with E-state index in [-0.39, 0.29) is 18.5 Å². The van der Waals surface area contributed by atoms with Gasteiger partial charge in [-0.3, -0.25) is 4.79 Å². The lowest BCUT2D eigenvalue weighted by Crippen LogP contribution is -2.39. The first-order chi connectivity index (χ1) is 8.95. The maximum absolute atomic E-state index is 11.3. The third kappa shape index (κ3) is 11.3. The lowest BCUT2D eigenvalue weighted by Gasteiger charge is -2.15. The van der Waals surface area contributed by atoms with E-state index in [0.29, 0.717) is 12.5 Å². The summed E-state index contributed by atoms with van der Waals surface area (Å²) >= 11 is 0. The first kappa shape index (κ1) is 17.5. The van der Waals surface area contributed by atoms with Crippen molar-refractivity contribution in [2.45, 2.75) is 46.1 Å². The maximum Gasteiger partial charge on any atom is 0.242 e. The number of guanidine groups is 1. The molecule has 5 nitrogen and oxygen atoms in total. The highest BCUT2D eigenvalue weighted by Gasteiger charge is 2.04. The van der Waals surface area contributed by atoms with Gasteiger partial charge in [0.15, 0.2) is 5.96 Å². The molecule has 0 aromatic rings. The van der Waals surface area contributed by atoms with Gasteiger partial charge in [0.2, 0.25) is 5.91 Å². The molecule has 0 aliphatic rings. The molecular weight excluding hydrogens is 240 g/mol. The molecule has 0 aliphatic heterocycles. The van der Waals surface area contributed by atoms with E-state index in [1.165, 1.54) is 12.8 Å². The highest BCUT2D eigenvalue weighted by Crippen LogP contribution is 2.07. The third-order valence-electron chi connectivity index (χ3n) is 2.65. The third-order valence-corrected chi connectivity index (χ3v) is 2.65. The summed E-state index contributed by atoms with van der Waals surface area (Å²) in [6, 6.07) is 0.277. The number of carbonyl (C=O) groups excluding carboxylic acids is 1. The second-order valence-electron chi connectivity index (χ2n) is 5.16. The Kier molecular flexibility index (Phi) is 9.57. The number of carbonyl (C=O) groups is 1. The van der Waals surface area contributed by atoms with Crippen molar-refractivity contribution in [2.24, 2.45) is 16.6 Å². The van der Waals surface area contributed by atoms with Crippen molar-refractivity contribution in [1.29, 1.82) is 0 Å². The van der Waals surface area contributed by atoms with Crippen LogP contribution in [0, 0.1) is 5.92 Å². The Bertz CT molecular complexity index is 300. The molecule has 1 amide bonds. The Morgan fingerprint density at radius 1 is 1.37 bits per heavy atom. The molecule has 0 saturated carbocycles. The van der Waals surface area contributed by atoms with Crippen LogP contribution < -0.4 is 16.4 Å². The zero-order chi connectivity index (χ0) is 14.7. The van der Waals surface area contributed by atoms with Crippen molar-refractivity contribution >= 4 is 11.9 Å². The molecule has 19 heavy (non-hydrogen) atoms. The van der Waals surface area contributed by atoms with Gasteiger partial charge in [-0.05, 0) is 19.3 Å². The van der Waals surface area contributed by atoms with E-state index in [9.17, 15) is 4.79 Å². The summed E-state index contributed by atoms with van der Waals surface area (Å²) in [5.41, 5.74) is 5.72. The molecular formula is C14H28N4O. The van der Waals surface area contributed by atoms with E-state index < -0.39 is 0 Å². The second-order valence-corrected chi connectivity index (χ2v) is 5.16. The molecule has 0 spiro atoms. The molecule has 0 aromatic heterocycles. The van der Waals surface area contributed by atoms with Crippen LogP contribution in [-0.2, 0) is 4.79 Å². The van der Waals surface area contributed by atoms with E-state index in [0.717, 1.165) is 12.3 Å². The summed E-state index contributed by atoms with van der Waals surface area (Å²) in [5, 5.41) is 5.73. The lowest BCUT2D eigenvalue weighted by atomic mass is 10.0. The van der Waals surface area contributed by atoms with Crippen LogP contribution in [0.2, 0.25) is 0 Å². The Balaban J connectivity index is 3.84. The van der Waals surface area contributed by atoms with E-state index >= 15 is 0 Å². The van der Waals surface area contributed by atoms with Crippen LogP contribution in [0.4, 0.5) is 0 Å². The number of nitrogens with two attached hydrogens (primary N) is 1. The monoisotopic (exact) mass is 268 g/mol. The molecule has 0 aliphatic carbocycles. The normalized spacial score (nSPS) is 13.2. The largest absolute Gasteiger partial charge is 0.370 e. The van der Waals surface area contributed by atoms with Crippen LogP contribution in [0.5, 0.6) is 0 Å². The summed E-state index contributed by atoms with van der Waals surface area (Å²) < 4.78 is 0. The number of nitrogens with zero attached hydrogens (tertiary/aromatic N) is 1. The van der Waals surface area contributed by atoms with Crippen molar-refractivity contribution in [1.82, 2.24) is 10.6 Å². The topological polar surface area (TPSA) is 79.5 Å². The SMILES string of the molecule is C=CCNC(=O)CN=C(N)NC(C)CCCC(C)C. The summed E-state index contributed by atoms with van der Waals surface area (Å²) in [7, 11) is 0. The summed E-state index contributed by atoms with van der Waals surface area (Å²) in [4.78, 5) is 15.3. The van der Waals surface area contributed by atoms with Crippen LogP contribution in [0.25, 0.3) is 0 Å². The maximum atomic E-state index is 11.3. The van der Waals surface area contributed by atoms with E-state index in [1.54, 1.807) is 6.08 Å². The molecule has 0 saturated heterocycles. The zero-order valence-corrected chi connectivity index (χ0v) is 12.4. The van der Waals surface area contributed by atoms with Gasteiger partial charge >= 0.3 is 0 Å². The first-order valence-corrected chi connectivity index (χ1v) is 6.89. The molecule has 0 aromatic carbocycles. The quantitative estimate of drug-likeness (QED) is 0.336. The Morgan fingerprint density at radius 3 is 2.63 bits per heavy atom. The summed E-state index contributed by atoms with van der Waals surface area (Å²) in [6.45, 7) is 10.5. The van der Waals surface area contributed by atoms with E-state index in [1.807, 2.05) is 0 Å². The second kappa shape index (κ2) is 10.4. The predicted octanol–water partition coefficient (Wildman–Crippen LogP) is 1.41. The number of hydrogen-bond donors (Lipinski definition) is 3. The van der Waals surface area contributed by atoms with Gasteiger partial charge in [0.1, 0.15) is 6.54 Å². The van der Waals surface area contributed by atoms with Gasteiger partial charge in [-0.2, -0.15) is 0 Å². The Labute approximate surface area is 116 Å². The molecule has 1 atom stereocenters. The van der Waals surface area contributed by atoms with Crippen LogP contribution in [0.1, 0.15) is 40.0 Å². The molecule has 0 bridgehead atoms. The number of aliphatic imine (C=N–C) groups is 1. The van der Waals surface area contributed by atoms with Gasteiger partial charge in [0.25, 0.3) is 0 Å². The van der Waals surface area contributed by atoms with E-state index in [2.05, 4.69) is 43.0 Å². The van der Waals surface area contributed by atoms with Gasteiger partial charge < -0.3 is 16.4 Å². The average Bonchev–Trinajstić information content (AvgIpc) is 2.33. The zero-order valence-electron chi connectivity index (χ0n) is 12.4. The number of rotatable bonds is 9. The van der Waals surface area contributed by atoms with Gasteiger partial charge in [-0.25, -0.2) is 4.99 Å². The van der Waals surface area contributed by atoms with Crippen LogP contribution in [0.15, 0.2) is 17.6 Å². The molecule has 5 heteroatoms. The van der Waals surface area contributed by atoms with Crippen molar-refractivity contribution < 1.29 is 4.79 Å². The van der Waals surface area contributed by atoms with Gasteiger partial charge in [-0.15, -0.1) is 6.58 Å². The minimum Gasteiger partial charge on any atom is -0.370 e. The molecule has 0 heterocycles. The number of hydrogen-bond acceptors (Lipinski definition) is 2. The predicted molar refractivity (Wildman–Crippen MR) is 81.0 cm³/mol. The Hall–Kier alpha value is -1.52.